The van der Waals surface area contributed by atoms with Gasteiger partial charge in [-0.2, -0.15) is 0 Å². The van der Waals surface area contributed by atoms with Crippen LogP contribution in [0.4, 0.5) is 5.82 Å². The number of aromatic amines is 1. The molecule has 0 saturated heterocycles. The van der Waals surface area contributed by atoms with Gasteiger partial charge in [0.25, 0.3) is 5.56 Å². The van der Waals surface area contributed by atoms with Crippen molar-refractivity contribution in [3.05, 3.63) is 58.5 Å². The third kappa shape index (κ3) is 2.80. The van der Waals surface area contributed by atoms with Crippen LogP contribution in [0.5, 0.6) is 11.5 Å². The SMILES string of the molecule is COc1ccc(C2=Nc3c(-c4ccccn4)c(=O)[nH]n3CC2=O)c(OC)c1. The van der Waals surface area contributed by atoms with Crippen molar-refractivity contribution in [1.29, 1.82) is 0 Å². The van der Waals surface area contributed by atoms with Crippen molar-refractivity contribution in [2.75, 3.05) is 14.2 Å². The number of fused-ring (bicyclic) bond motifs is 1. The highest BCUT2D eigenvalue weighted by molar-refractivity contribution is 6.47. The molecule has 136 valence electrons. The van der Waals surface area contributed by atoms with Gasteiger partial charge in [0, 0.05) is 17.8 Å². The minimum absolute atomic E-state index is 0.0224. The second-order valence-corrected chi connectivity index (χ2v) is 5.89. The number of Topliss-reactive ketones (excluding diaryl/α,β-unsaturated/α-hetero) is 1. The molecule has 1 aliphatic rings. The van der Waals surface area contributed by atoms with E-state index in [1.165, 1.54) is 11.8 Å². The van der Waals surface area contributed by atoms with E-state index in [9.17, 15) is 9.59 Å². The number of pyridine rings is 1. The Morgan fingerprint density at radius 1 is 1.11 bits per heavy atom. The van der Waals surface area contributed by atoms with E-state index in [0.29, 0.717) is 34.1 Å². The Hall–Kier alpha value is -3.68. The summed E-state index contributed by atoms with van der Waals surface area (Å²) in [4.78, 5) is 33.8. The molecule has 0 spiro atoms. The first kappa shape index (κ1) is 16.8. The molecule has 27 heavy (non-hydrogen) atoms. The summed E-state index contributed by atoms with van der Waals surface area (Å²) in [5.74, 6) is 1.20. The number of rotatable bonds is 4. The van der Waals surface area contributed by atoms with Crippen LogP contribution in [0.15, 0.2) is 52.4 Å². The van der Waals surface area contributed by atoms with Crippen molar-refractivity contribution in [2.24, 2.45) is 4.99 Å². The fraction of sp³-hybridized carbons (Fsp3) is 0.158. The van der Waals surface area contributed by atoms with Crippen molar-refractivity contribution in [3.63, 3.8) is 0 Å². The Kier molecular flexibility index (Phi) is 4.08. The van der Waals surface area contributed by atoms with Gasteiger partial charge in [0.05, 0.1) is 19.9 Å². The van der Waals surface area contributed by atoms with Crippen molar-refractivity contribution in [3.8, 4) is 22.8 Å². The zero-order valence-corrected chi connectivity index (χ0v) is 14.7. The molecule has 1 N–H and O–H groups in total. The lowest BCUT2D eigenvalue weighted by molar-refractivity contribution is -0.113. The third-order valence-electron chi connectivity index (χ3n) is 4.31. The molecular formula is C19H16N4O4. The quantitative estimate of drug-likeness (QED) is 0.763. The van der Waals surface area contributed by atoms with E-state index in [0.717, 1.165) is 0 Å². The maximum atomic E-state index is 12.7. The molecule has 0 fully saturated rings. The minimum Gasteiger partial charge on any atom is -0.497 e. The predicted molar refractivity (Wildman–Crippen MR) is 99.0 cm³/mol. The number of ether oxygens (including phenoxy) is 2. The number of aromatic nitrogens is 3. The lowest BCUT2D eigenvalue weighted by Gasteiger charge is -2.17. The van der Waals surface area contributed by atoms with Crippen LogP contribution in [0.1, 0.15) is 5.56 Å². The zero-order chi connectivity index (χ0) is 19.0. The standard InChI is InChI=1S/C19H16N4O4/c1-26-11-6-7-12(15(9-11)27-2)17-14(24)10-23-18(21-17)16(19(25)22-23)13-5-3-4-8-20-13/h3-9H,10H2,1-2H3,(H,22,25). The number of hydrogen-bond donors (Lipinski definition) is 1. The summed E-state index contributed by atoms with van der Waals surface area (Å²) in [6.45, 7) is -0.0224. The molecule has 0 aliphatic carbocycles. The number of aliphatic imine (C=N–C) groups is 1. The van der Waals surface area contributed by atoms with Crippen LogP contribution in [-0.2, 0) is 11.3 Å². The topological polar surface area (TPSA) is 98.6 Å². The van der Waals surface area contributed by atoms with Crippen LogP contribution in [0.3, 0.4) is 0 Å². The molecule has 4 rings (SSSR count). The third-order valence-corrected chi connectivity index (χ3v) is 4.31. The van der Waals surface area contributed by atoms with E-state index in [-0.39, 0.29) is 23.6 Å². The number of nitrogens with zero attached hydrogens (tertiary/aromatic N) is 3. The number of benzene rings is 1. The number of methoxy groups -OCH3 is 2. The summed E-state index contributed by atoms with van der Waals surface area (Å²) >= 11 is 0. The first-order chi connectivity index (χ1) is 13.1. The van der Waals surface area contributed by atoms with Gasteiger partial charge in [-0.15, -0.1) is 0 Å². The van der Waals surface area contributed by atoms with Gasteiger partial charge in [0.15, 0.2) is 5.82 Å². The summed E-state index contributed by atoms with van der Waals surface area (Å²) in [7, 11) is 3.06. The fourth-order valence-corrected chi connectivity index (χ4v) is 3.03. The van der Waals surface area contributed by atoms with E-state index in [1.54, 1.807) is 49.7 Å². The first-order valence-corrected chi connectivity index (χ1v) is 8.21. The van der Waals surface area contributed by atoms with Gasteiger partial charge in [-0.1, -0.05) is 6.07 Å². The molecule has 0 saturated carbocycles. The Bertz CT molecular complexity index is 1110. The molecule has 3 aromatic rings. The van der Waals surface area contributed by atoms with Gasteiger partial charge in [0.2, 0.25) is 5.78 Å². The van der Waals surface area contributed by atoms with Gasteiger partial charge in [-0.25, -0.2) is 4.99 Å². The zero-order valence-electron chi connectivity index (χ0n) is 14.7. The van der Waals surface area contributed by atoms with Gasteiger partial charge < -0.3 is 9.47 Å². The Morgan fingerprint density at radius 3 is 2.67 bits per heavy atom. The van der Waals surface area contributed by atoms with Crippen molar-refractivity contribution >= 4 is 17.3 Å². The lowest BCUT2D eigenvalue weighted by atomic mass is 10.0. The molecule has 1 aliphatic heterocycles. The van der Waals surface area contributed by atoms with Gasteiger partial charge >= 0.3 is 0 Å². The Balaban J connectivity index is 1.91. The molecule has 2 aromatic heterocycles. The monoisotopic (exact) mass is 364 g/mol. The van der Waals surface area contributed by atoms with Crippen molar-refractivity contribution in [2.45, 2.75) is 6.54 Å². The van der Waals surface area contributed by atoms with E-state index in [4.69, 9.17) is 9.47 Å². The first-order valence-electron chi connectivity index (χ1n) is 8.21. The summed E-state index contributed by atoms with van der Waals surface area (Å²) in [6, 6.07) is 10.4. The normalized spacial score (nSPS) is 13.1. The lowest BCUT2D eigenvalue weighted by Crippen LogP contribution is -2.26. The summed E-state index contributed by atoms with van der Waals surface area (Å²) in [6.07, 6.45) is 1.60. The molecular weight excluding hydrogens is 348 g/mol. The summed E-state index contributed by atoms with van der Waals surface area (Å²) in [5.41, 5.74) is 1.24. The highest BCUT2D eigenvalue weighted by atomic mass is 16.5. The van der Waals surface area contributed by atoms with Crippen molar-refractivity contribution in [1.82, 2.24) is 14.8 Å². The highest BCUT2D eigenvalue weighted by Gasteiger charge is 2.28. The van der Waals surface area contributed by atoms with Gasteiger partial charge in [-0.05, 0) is 24.3 Å². The molecule has 0 atom stereocenters. The number of nitrogens with one attached hydrogen (secondary N) is 1. The summed E-state index contributed by atoms with van der Waals surface area (Å²) < 4.78 is 12.0. The van der Waals surface area contributed by atoms with Crippen LogP contribution in [-0.4, -0.2) is 40.5 Å². The maximum absolute atomic E-state index is 12.7. The molecule has 0 amide bonds. The molecule has 3 heterocycles. The molecule has 8 heteroatoms. The largest absolute Gasteiger partial charge is 0.497 e. The Morgan fingerprint density at radius 2 is 1.96 bits per heavy atom. The number of carbonyl (C=O) groups excluding carboxylic acids is 1. The van der Waals surface area contributed by atoms with E-state index in [1.807, 2.05) is 0 Å². The maximum Gasteiger partial charge on any atom is 0.275 e. The van der Waals surface area contributed by atoms with E-state index >= 15 is 0 Å². The molecule has 0 radical (unpaired) electrons. The number of ketones is 1. The van der Waals surface area contributed by atoms with E-state index in [2.05, 4.69) is 15.1 Å². The molecule has 1 aromatic carbocycles. The molecule has 0 unspecified atom stereocenters. The average molecular weight is 364 g/mol. The van der Waals surface area contributed by atoms with Gasteiger partial charge in [0.1, 0.15) is 29.3 Å². The second-order valence-electron chi connectivity index (χ2n) is 5.89. The van der Waals surface area contributed by atoms with Crippen LogP contribution < -0.4 is 15.0 Å². The highest BCUT2D eigenvalue weighted by Crippen LogP contribution is 2.32. The predicted octanol–water partition coefficient (Wildman–Crippen LogP) is 1.96. The van der Waals surface area contributed by atoms with E-state index < -0.39 is 0 Å². The van der Waals surface area contributed by atoms with Crippen molar-refractivity contribution < 1.29 is 14.3 Å². The average Bonchev–Trinajstić information content (AvgIpc) is 3.02. The minimum atomic E-state index is -0.344. The summed E-state index contributed by atoms with van der Waals surface area (Å²) in [5, 5.41) is 2.65. The van der Waals surface area contributed by atoms with Crippen LogP contribution in [0, 0.1) is 0 Å². The molecule has 0 bridgehead atoms. The number of hydrogen-bond acceptors (Lipinski definition) is 6. The van der Waals surface area contributed by atoms with Crippen LogP contribution in [0.25, 0.3) is 11.3 Å². The second kappa shape index (κ2) is 6.56. The Labute approximate surface area is 154 Å². The fourth-order valence-electron chi connectivity index (χ4n) is 3.03. The smallest absolute Gasteiger partial charge is 0.275 e. The number of carbonyl (C=O) groups is 1. The molecule has 8 nitrogen and oxygen atoms in total. The van der Waals surface area contributed by atoms with Gasteiger partial charge in [-0.3, -0.25) is 24.4 Å². The van der Waals surface area contributed by atoms with Crippen LogP contribution in [0.2, 0.25) is 0 Å². The number of H-pyrrole nitrogens is 1. The van der Waals surface area contributed by atoms with Crippen LogP contribution >= 0.6 is 0 Å².